The van der Waals surface area contributed by atoms with Gasteiger partial charge in [0.15, 0.2) is 0 Å². The standard InChI is InChI=1S/C16H13BrFNS/c17-16-10(4-3-6-13(16)18)8-14(19)12-9-20-15-7-2-1-5-11(12)15/h1-7,9,14H,8,19H2. The second kappa shape index (κ2) is 5.64. The topological polar surface area (TPSA) is 26.0 Å². The molecule has 3 aromatic rings. The second-order valence-electron chi connectivity index (χ2n) is 4.71. The van der Waals surface area contributed by atoms with Gasteiger partial charge in [0.2, 0.25) is 0 Å². The summed E-state index contributed by atoms with van der Waals surface area (Å²) in [6.45, 7) is 0. The van der Waals surface area contributed by atoms with Crippen molar-refractivity contribution in [2.45, 2.75) is 12.5 Å². The van der Waals surface area contributed by atoms with Crippen LogP contribution in [0.5, 0.6) is 0 Å². The Kier molecular flexibility index (Phi) is 3.87. The fraction of sp³-hybridized carbons (Fsp3) is 0.125. The third-order valence-corrected chi connectivity index (χ3v) is 5.25. The van der Waals surface area contributed by atoms with Crippen molar-refractivity contribution in [2.24, 2.45) is 5.73 Å². The Labute approximate surface area is 129 Å². The van der Waals surface area contributed by atoms with Gasteiger partial charge in [-0.1, -0.05) is 30.3 Å². The van der Waals surface area contributed by atoms with Crippen LogP contribution in [-0.4, -0.2) is 0 Å². The average Bonchev–Trinajstić information content (AvgIpc) is 2.88. The van der Waals surface area contributed by atoms with Crippen molar-refractivity contribution >= 4 is 37.4 Å². The molecule has 0 radical (unpaired) electrons. The predicted molar refractivity (Wildman–Crippen MR) is 86.6 cm³/mol. The van der Waals surface area contributed by atoms with Gasteiger partial charge in [-0.05, 0) is 56.4 Å². The van der Waals surface area contributed by atoms with Gasteiger partial charge in [0.25, 0.3) is 0 Å². The molecule has 0 fully saturated rings. The van der Waals surface area contributed by atoms with Crippen molar-refractivity contribution in [1.82, 2.24) is 0 Å². The zero-order valence-corrected chi connectivity index (χ0v) is 13.0. The molecule has 2 aromatic carbocycles. The molecule has 102 valence electrons. The molecule has 1 heterocycles. The molecule has 0 bridgehead atoms. The summed E-state index contributed by atoms with van der Waals surface area (Å²) < 4.78 is 15.3. The van der Waals surface area contributed by atoms with Crippen molar-refractivity contribution in [1.29, 1.82) is 0 Å². The molecular formula is C16H13BrFNS. The van der Waals surface area contributed by atoms with E-state index < -0.39 is 0 Å². The summed E-state index contributed by atoms with van der Waals surface area (Å²) in [7, 11) is 0. The lowest BCUT2D eigenvalue weighted by Gasteiger charge is -2.13. The molecule has 0 aliphatic heterocycles. The number of hydrogen-bond donors (Lipinski definition) is 1. The Morgan fingerprint density at radius 3 is 2.80 bits per heavy atom. The summed E-state index contributed by atoms with van der Waals surface area (Å²) in [5.41, 5.74) is 8.34. The predicted octanol–water partition coefficient (Wildman–Crippen LogP) is 5.05. The van der Waals surface area contributed by atoms with E-state index in [0.29, 0.717) is 10.9 Å². The van der Waals surface area contributed by atoms with Gasteiger partial charge in [0.1, 0.15) is 5.82 Å². The van der Waals surface area contributed by atoms with Crippen LogP contribution in [0.1, 0.15) is 17.2 Å². The molecule has 2 N–H and O–H groups in total. The lowest BCUT2D eigenvalue weighted by molar-refractivity contribution is 0.614. The number of nitrogens with two attached hydrogens (primary N) is 1. The number of thiophene rings is 1. The average molecular weight is 350 g/mol. The van der Waals surface area contributed by atoms with Gasteiger partial charge in [0.05, 0.1) is 4.47 Å². The van der Waals surface area contributed by atoms with E-state index in [0.717, 1.165) is 11.1 Å². The van der Waals surface area contributed by atoms with Crippen LogP contribution in [0.15, 0.2) is 52.3 Å². The first-order valence-electron chi connectivity index (χ1n) is 6.31. The molecule has 20 heavy (non-hydrogen) atoms. The van der Waals surface area contributed by atoms with Crippen molar-refractivity contribution < 1.29 is 4.39 Å². The van der Waals surface area contributed by atoms with Crippen molar-refractivity contribution in [3.05, 3.63) is 69.3 Å². The van der Waals surface area contributed by atoms with E-state index in [1.54, 1.807) is 17.4 Å². The van der Waals surface area contributed by atoms with Crippen LogP contribution in [0.2, 0.25) is 0 Å². The van der Waals surface area contributed by atoms with E-state index in [-0.39, 0.29) is 11.9 Å². The summed E-state index contributed by atoms with van der Waals surface area (Å²) in [6.07, 6.45) is 0.610. The molecule has 1 unspecified atom stereocenters. The van der Waals surface area contributed by atoms with Crippen LogP contribution in [0.4, 0.5) is 4.39 Å². The van der Waals surface area contributed by atoms with E-state index in [9.17, 15) is 4.39 Å². The normalized spacial score (nSPS) is 12.8. The van der Waals surface area contributed by atoms with Crippen molar-refractivity contribution in [2.75, 3.05) is 0 Å². The van der Waals surface area contributed by atoms with Gasteiger partial charge in [-0.15, -0.1) is 11.3 Å². The molecule has 0 saturated heterocycles. The highest BCUT2D eigenvalue weighted by molar-refractivity contribution is 9.10. The highest BCUT2D eigenvalue weighted by atomic mass is 79.9. The van der Waals surface area contributed by atoms with Gasteiger partial charge in [-0.25, -0.2) is 4.39 Å². The zero-order valence-electron chi connectivity index (χ0n) is 10.6. The van der Waals surface area contributed by atoms with Gasteiger partial charge in [0, 0.05) is 10.7 Å². The first-order valence-corrected chi connectivity index (χ1v) is 7.98. The minimum absolute atomic E-state index is 0.135. The first-order chi connectivity index (χ1) is 9.66. The minimum atomic E-state index is -0.245. The summed E-state index contributed by atoms with van der Waals surface area (Å²) in [5.74, 6) is -0.245. The third kappa shape index (κ3) is 2.51. The monoisotopic (exact) mass is 349 g/mol. The molecule has 0 aliphatic rings. The fourth-order valence-electron chi connectivity index (χ4n) is 2.34. The number of halogens is 2. The molecule has 1 nitrogen and oxygen atoms in total. The summed E-state index contributed by atoms with van der Waals surface area (Å²) in [6, 6.07) is 13.1. The van der Waals surface area contributed by atoms with Crippen LogP contribution in [0, 0.1) is 5.82 Å². The molecule has 0 saturated carbocycles. The molecule has 0 aliphatic carbocycles. The molecule has 4 heteroatoms. The fourth-order valence-corrected chi connectivity index (χ4v) is 3.79. The van der Waals surface area contributed by atoms with Crippen LogP contribution in [-0.2, 0) is 6.42 Å². The number of benzene rings is 2. The molecule has 1 aromatic heterocycles. The number of rotatable bonds is 3. The zero-order chi connectivity index (χ0) is 14.1. The summed E-state index contributed by atoms with van der Waals surface area (Å²) >= 11 is 4.99. The summed E-state index contributed by atoms with van der Waals surface area (Å²) in [5, 5.41) is 3.29. The van der Waals surface area contributed by atoms with E-state index in [1.165, 1.54) is 16.2 Å². The van der Waals surface area contributed by atoms with Crippen molar-refractivity contribution in [3.63, 3.8) is 0 Å². The minimum Gasteiger partial charge on any atom is -0.324 e. The maximum absolute atomic E-state index is 13.5. The van der Waals surface area contributed by atoms with Crippen LogP contribution in [0.3, 0.4) is 0 Å². The highest BCUT2D eigenvalue weighted by Crippen LogP contribution is 2.32. The van der Waals surface area contributed by atoms with Gasteiger partial charge in [-0.3, -0.25) is 0 Å². The van der Waals surface area contributed by atoms with Gasteiger partial charge < -0.3 is 5.73 Å². The second-order valence-corrected chi connectivity index (χ2v) is 6.41. The van der Waals surface area contributed by atoms with E-state index >= 15 is 0 Å². The lowest BCUT2D eigenvalue weighted by atomic mass is 9.99. The quantitative estimate of drug-likeness (QED) is 0.703. The number of fused-ring (bicyclic) bond motifs is 1. The van der Waals surface area contributed by atoms with E-state index in [4.69, 9.17) is 5.73 Å². The smallest absolute Gasteiger partial charge is 0.137 e. The third-order valence-electron chi connectivity index (χ3n) is 3.38. The highest BCUT2D eigenvalue weighted by Gasteiger charge is 2.14. The van der Waals surface area contributed by atoms with Crippen LogP contribution >= 0.6 is 27.3 Å². The van der Waals surface area contributed by atoms with Crippen molar-refractivity contribution in [3.8, 4) is 0 Å². The molecule has 1 atom stereocenters. The van der Waals surface area contributed by atoms with Gasteiger partial charge >= 0.3 is 0 Å². The van der Waals surface area contributed by atoms with Gasteiger partial charge in [-0.2, -0.15) is 0 Å². The first kappa shape index (κ1) is 13.7. The van der Waals surface area contributed by atoms with E-state index in [1.807, 2.05) is 18.2 Å². The Hall–Kier alpha value is -1.23. The Morgan fingerprint density at radius 2 is 1.95 bits per heavy atom. The Bertz CT molecular complexity index is 753. The van der Waals surface area contributed by atoms with E-state index in [2.05, 4.69) is 33.4 Å². The maximum atomic E-state index is 13.5. The SMILES string of the molecule is NC(Cc1cccc(F)c1Br)c1csc2ccccc12. The van der Waals surface area contributed by atoms with Crippen LogP contribution in [0.25, 0.3) is 10.1 Å². The molecular weight excluding hydrogens is 337 g/mol. The number of hydrogen-bond acceptors (Lipinski definition) is 2. The maximum Gasteiger partial charge on any atom is 0.137 e. The summed E-state index contributed by atoms with van der Waals surface area (Å²) in [4.78, 5) is 0. The van der Waals surface area contributed by atoms with Crippen LogP contribution < -0.4 is 5.73 Å². The lowest BCUT2D eigenvalue weighted by Crippen LogP contribution is -2.13. The molecule has 0 spiro atoms. The molecule has 3 rings (SSSR count). The largest absolute Gasteiger partial charge is 0.324 e. The molecule has 0 amide bonds. The Morgan fingerprint density at radius 1 is 1.15 bits per heavy atom. The Balaban J connectivity index is 1.93.